The Hall–Kier alpha value is -0.920. The first kappa shape index (κ1) is 11.2. The fraction of sp³-hybridized carbons (Fsp3) is 0.600. The van der Waals surface area contributed by atoms with Crippen LogP contribution in [-0.2, 0) is 6.54 Å². The second-order valence-corrected chi connectivity index (χ2v) is 4.55. The van der Waals surface area contributed by atoms with Gasteiger partial charge >= 0.3 is 0 Å². The lowest BCUT2D eigenvalue weighted by molar-refractivity contribution is 0.302. The molecule has 0 aliphatic rings. The van der Waals surface area contributed by atoms with Crippen LogP contribution in [0.3, 0.4) is 0 Å². The van der Waals surface area contributed by atoms with Crippen LogP contribution in [0.2, 0.25) is 0 Å². The monoisotopic (exact) mass is 209 g/mol. The summed E-state index contributed by atoms with van der Waals surface area (Å²) in [5.74, 6) is 0.0843. The molecule has 14 heavy (non-hydrogen) atoms. The van der Waals surface area contributed by atoms with E-state index in [9.17, 15) is 0 Å². The highest BCUT2D eigenvalue weighted by Crippen LogP contribution is 2.11. The highest BCUT2D eigenvalue weighted by atomic mass is 32.1. The summed E-state index contributed by atoms with van der Waals surface area (Å²) in [5, 5.41) is 11.8. The third-order valence-corrected chi connectivity index (χ3v) is 2.83. The molecular formula is C10H15N3S. The molecule has 0 saturated heterocycles. The number of hydrogen-bond donors (Lipinski definition) is 0. The van der Waals surface area contributed by atoms with E-state index >= 15 is 0 Å². The molecule has 1 aromatic heterocycles. The lowest BCUT2D eigenvalue weighted by Crippen LogP contribution is -2.23. The highest BCUT2D eigenvalue weighted by molar-refractivity contribution is 7.09. The Balaban J connectivity index is 2.42. The number of thiazole rings is 1. The Kier molecular flexibility index (Phi) is 4.05. The van der Waals surface area contributed by atoms with Crippen molar-refractivity contribution in [2.75, 3.05) is 13.6 Å². The molecule has 0 aromatic carbocycles. The standard InChI is InChI=1S/C10H15N3S/c1-8(4-11)5-13(3)6-10-12-9(2)7-14-10/h7-8H,5-6H2,1-3H3. The molecule has 0 amide bonds. The molecule has 0 aliphatic heterocycles. The quantitative estimate of drug-likeness (QED) is 0.762. The maximum absolute atomic E-state index is 8.66. The van der Waals surface area contributed by atoms with Crippen molar-refractivity contribution in [2.24, 2.45) is 5.92 Å². The van der Waals surface area contributed by atoms with E-state index in [4.69, 9.17) is 5.26 Å². The van der Waals surface area contributed by atoms with E-state index in [0.717, 1.165) is 23.8 Å². The van der Waals surface area contributed by atoms with Crippen LogP contribution in [0.5, 0.6) is 0 Å². The van der Waals surface area contributed by atoms with Crippen LogP contribution in [0.25, 0.3) is 0 Å². The van der Waals surface area contributed by atoms with Gasteiger partial charge in [-0.2, -0.15) is 5.26 Å². The number of aromatic nitrogens is 1. The molecule has 3 nitrogen and oxygen atoms in total. The second-order valence-electron chi connectivity index (χ2n) is 3.61. The van der Waals surface area contributed by atoms with Crippen LogP contribution in [0.1, 0.15) is 17.6 Å². The summed E-state index contributed by atoms with van der Waals surface area (Å²) in [6.45, 7) is 5.57. The fourth-order valence-corrected chi connectivity index (χ4v) is 2.13. The van der Waals surface area contributed by atoms with Crippen molar-refractivity contribution in [3.63, 3.8) is 0 Å². The summed E-state index contributed by atoms with van der Waals surface area (Å²) in [6.07, 6.45) is 0. The van der Waals surface area contributed by atoms with Gasteiger partial charge < -0.3 is 0 Å². The van der Waals surface area contributed by atoms with Crippen molar-refractivity contribution < 1.29 is 0 Å². The molecule has 1 unspecified atom stereocenters. The van der Waals surface area contributed by atoms with Gasteiger partial charge in [0.2, 0.25) is 0 Å². The molecule has 76 valence electrons. The lowest BCUT2D eigenvalue weighted by atomic mass is 10.2. The number of nitriles is 1. The zero-order valence-electron chi connectivity index (χ0n) is 8.82. The minimum Gasteiger partial charge on any atom is -0.298 e. The molecule has 1 rings (SSSR count). The Morgan fingerprint density at radius 1 is 1.71 bits per heavy atom. The molecule has 0 aliphatic carbocycles. The Morgan fingerprint density at radius 3 is 2.93 bits per heavy atom. The molecule has 4 heteroatoms. The number of nitrogens with zero attached hydrogens (tertiary/aromatic N) is 3. The van der Waals surface area contributed by atoms with Gasteiger partial charge in [0.05, 0.1) is 18.5 Å². The van der Waals surface area contributed by atoms with Crippen LogP contribution in [-0.4, -0.2) is 23.5 Å². The fourth-order valence-electron chi connectivity index (χ4n) is 1.28. The molecule has 1 atom stereocenters. The van der Waals surface area contributed by atoms with E-state index in [1.54, 1.807) is 11.3 Å². The van der Waals surface area contributed by atoms with Gasteiger partial charge in [0.15, 0.2) is 0 Å². The van der Waals surface area contributed by atoms with Crippen molar-refractivity contribution in [3.05, 3.63) is 16.1 Å². The van der Waals surface area contributed by atoms with Gasteiger partial charge in [-0.05, 0) is 20.9 Å². The summed E-state index contributed by atoms with van der Waals surface area (Å²) in [4.78, 5) is 6.51. The number of hydrogen-bond acceptors (Lipinski definition) is 4. The van der Waals surface area contributed by atoms with Crippen LogP contribution >= 0.6 is 11.3 Å². The molecular weight excluding hydrogens is 194 g/mol. The van der Waals surface area contributed by atoms with Crippen LogP contribution in [0, 0.1) is 24.2 Å². The molecule has 0 fully saturated rings. The molecule has 1 aromatic rings. The van der Waals surface area contributed by atoms with Gasteiger partial charge in [-0.1, -0.05) is 0 Å². The first-order chi connectivity index (χ1) is 6.61. The maximum atomic E-state index is 8.66. The molecule has 0 N–H and O–H groups in total. The smallest absolute Gasteiger partial charge is 0.107 e. The summed E-state index contributed by atoms with van der Waals surface area (Å²) >= 11 is 1.68. The molecule has 0 spiro atoms. The summed E-state index contributed by atoms with van der Waals surface area (Å²) in [5.41, 5.74) is 1.08. The summed E-state index contributed by atoms with van der Waals surface area (Å²) in [6, 6.07) is 2.23. The maximum Gasteiger partial charge on any atom is 0.107 e. The molecule has 0 bridgehead atoms. The van der Waals surface area contributed by atoms with Gasteiger partial charge in [-0.15, -0.1) is 11.3 Å². The van der Waals surface area contributed by atoms with Crippen LogP contribution in [0.4, 0.5) is 0 Å². The SMILES string of the molecule is Cc1csc(CN(C)CC(C)C#N)n1. The van der Waals surface area contributed by atoms with Crippen LogP contribution in [0.15, 0.2) is 5.38 Å². The van der Waals surface area contributed by atoms with Crippen molar-refractivity contribution >= 4 is 11.3 Å². The predicted octanol–water partition coefficient (Wildman–Crippen LogP) is 2.04. The van der Waals surface area contributed by atoms with E-state index < -0.39 is 0 Å². The molecule has 0 radical (unpaired) electrons. The van der Waals surface area contributed by atoms with Gasteiger partial charge in [-0.3, -0.25) is 4.90 Å². The Bertz CT molecular complexity index is 326. The Labute approximate surface area is 89.0 Å². The number of rotatable bonds is 4. The van der Waals surface area contributed by atoms with E-state index in [2.05, 4.69) is 21.3 Å². The van der Waals surface area contributed by atoms with Gasteiger partial charge in [0.1, 0.15) is 5.01 Å². The molecule has 0 saturated carbocycles. The zero-order chi connectivity index (χ0) is 10.6. The minimum atomic E-state index is 0.0843. The zero-order valence-corrected chi connectivity index (χ0v) is 9.64. The number of aryl methyl sites for hydroxylation is 1. The van der Waals surface area contributed by atoms with Crippen molar-refractivity contribution in [1.29, 1.82) is 5.26 Å². The van der Waals surface area contributed by atoms with E-state index in [0.29, 0.717) is 0 Å². The first-order valence-corrected chi connectivity index (χ1v) is 5.49. The van der Waals surface area contributed by atoms with E-state index in [1.165, 1.54) is 0 Å². The van der Waals surface area contributed by atoms with Crippen molar-refractivity contribution in [3.8, 4) is 6.07 Å². The topological polar surface area (TPSA) is 39.9 Å². The third-order valence-electron chi connectivity index (χ3n) is 1.88. The summed E-state index contributed by atoms with van der Waals surface area (Å²) in [7, 11) is 2.02. The Morgan fingerprint density at radius 2 is 2.43 bits per heavy atom. The lowest BCUT2D eigenvalue weighted by Gasteiger charge is -2.15. The largest absolute Gasteiger partial charge is 0.298 e. The van der Waals surface area contributed by atoms with Gasteiger partial charge in [-0.25, -0.2) is 4.98 Å². The molecule has 1 heterocycles. The summed E-state index contributed by atoms with van der Waals surface area (Å²) < 4.78 is 0. The van der Waals surface area contributed by atoms with Crippen LogP contribution < -0.4 is 0 Å². The van der Waals surface area contributed by atoms with Gasteiger partial charge in [0, 0.05) is 17.6 Å². The first-order valence-electron chi connectivity index (χ1n) is 4.61. The van der Waals surface area contributed by atoms with Crippen molar-refractivity contribution in [1.82, 2.24) is 9.88 Å². The van der Waals surface area contributed by atoms with E-state index in [-0.39, 0.29) is 5.92 Å². The van der Waals surface area contributed by atoms with Gasteiger partial charge in [0.25, 0.3) is 0 Å². The minimum absolute atomic E-state index is 0.0843. The average Bonchev–Trinajstić information content (AvgIpc) is 2.50. The van der Waals surface area contributed by atoms with Crippen molar-refractivity contribution in [2.45, 2.75) is 20.4 Å². The second kappa shape index (κ2) is 5.08. The average molecular weight is 209 g/mol. The predicted molar refractivity (Wildman–Crippen MR) is 58.0 cm³/mol. The normalized spacial score (nSPS) is 12.8. The third kappa shape index (κ3) is 3.44. The van der Waals surface area contributed by atoms with E-state index in [1.807, 2.05) is 20.9 Å². The highest BCUT2D eigenvalue weighted by Gasteiger charge is 2.07.